The normalized spacial score (nSPS) is 19.2. The first-order valence-electron chi connectivity index (χ1n) is 33.5. The van der Waals surface area contributed by atoms with Crippen LogP contribution in [0, 0.1) is 0 Å². The first-order valence-corrected chi connectivity index (χ1v) is 33.5. The number of carbonyl (C=O) groups excluding carboxylic acids is 2. The van der Waals surface area contributed by atoms with E-state index < -0.39 is 67.4 Å². The zero-order chi connectivity index (χ0) is 59.6. The molecule has 8 unspecified atom stereocenters. The van der Waals surface area contributed by atoms with Crippen LogP contribution in [-0.4, -0.2) is 99.6 Å². The van der Waals surface area contributed by atoms with Crippen molar-refractivity contribution in [2.24, 2.45) is 0 Å². The highest BCUT2D eigenvalue weighted by atomic mass is 16.7. The number of amides is 1. The minimum absolute atomic E-state index is 0.114. The first-order chi connectivity index (χ1) is 40.2. The van der Waals surface area contributed by atoms with Crippen LogP contribution < -0.4 is 5.32 Å². The van der Waals surface area contributed by atoms with E-state index in [2.05, 4.69) is 111 Å². The van der Waals surface area contributed by atoms with E-state index in [0.29, 0.717) is 12.8 Å². The van der Waals surface area contributed by atoms with Gasteiger partial charge in [-0.2, -0.15) is 0 Å². The Bertz CT molecular complexity index is 1700. The molecule has 0 saturated carbocycles. The van der Waals surface area contributed by atoms with Crippen molar-refractivity contribution in [3.05, 3.63) is 97.2 Å². The Morgan fingerprint density at radius 2 is 0.915 bits per heavy atom. The van der Waals surface area contributed by atoms with Gasteiger partial charge in [-0.1, -0.05) is 272 Å². The van der Waals surface area contributed by atoms with Gasteiger partial charge >= 0.3 is 5.97 Å². The van der Waals surface area contributed by atoms with E-state index in [9.17, 15) is 35.1 Å². The van der Waals surface area contributed by atoms with E-state index in [1.807, 2.05) is 6.08 Å². The van der Waals surface area contributed by atoms with E-state index in [4.69, 9.17) is 14.2 Å². The van der Waals surface area contributed by atoms with Crippen LogP contribution in [0.25, 0.3) is 0 Å². The molecule has 1 rings (SSSR count). The molecule has 1 fully saturated rings. The van der Waals surface area contributed by atoms with Crippen molar-refractivity contribution < 1.29 is 49.3 Å². The minimum Gasteiger partial charge on any atom is -0.454 e. The van der Waals surface area contributed by atoms with Gasteiger partial charge < -0.3 is 45.1 Å². The first kappa shape index (κ1) is 76.6. The third-order valence-corrected chi connectivity index (χ3v) is 15.2. The lowest BCUT2D eigenvalue weighted by Gasteiger charge is -2.41. The lowest BCUT2D eigenvalue weighted by Crippen LogP contribution is -2.61. The molecule has 82 heavy (non-hydrogen) atoms. The van der Waals surface area contributed by atoms with Gasteiger partial charge in [0.05, 0.1) is 25.4 Å². The van der Waals surface area contributed by atoms with E-state index >= 15 is 0 Å². The van der Waals surface area contributed by atoms with Crippen LogP contribution >= 0.6 is 0 Å². The molecule has 1 amide bonds. The second-order valence-electron chi connectivity index (χ2n) is 22.8. The van der Waals surface area contributed by atoms with Crippen LogP contribution in [0.4, 0.5) is 0 Å². The molecule has 0 radical (unpaired) electrons. The summed E-state index contributed by atoms with van der Waals surface area (Å²) >= 11 is 0. The fourth-order valence-corrected chi connectivity index (χ4v) is 9.96. The van der Waals surface area contributed by atoms with Crippen molar-refractivity contribution in [2.75, 3.05) is 13.2 Å². The Labute approximate surface area is 501 Å². The molecule has 11 nitrogen and oxygen atoms in total. The molecule has 8 atom stereocenters. The van der Waals surface area contributed by atoms with Gasteiger partial charge in [-0.3, -0.25) is 9.59 Å². The van der Waals surface area contributed by atoms with Gasteiger partial charge in [-0.15, -0.1) is 0 Å². The van der Waals surface area contributed by atoms with Gasteiger partial charge in [0.15, 0.2) is 12.4 Å². The highest BCUT2D eigenvalue weighted by Gasteiger charge is 2.47. The summed E-state index contributed by atoms with van der Waals surface area (Å²) in [7, 11) is 0. The third-order valence-electron chi connectivity index (χ3n) is 15.2. The molecule has 1 aliphatic rings. The average molecular weight is 1150 g/mol. The largest absolute Gasteiger partial charge is 0.454 e. The number of rotatable bonds is 56. The van der Waals surface area contributed by atoms with Crippen LogP contribution in [-0.2, 0) is 23.8 Å². The Hall–Kier alpha value is -3.42. The molecule has 0 spiro atoms. The van der Waals surface area contributed by atoms with Crippen molar-refractivity contribution in [1.29, 1.82) is 0 Å². The lowest BCUT2D eigenvalue weighted by molar-refractivity contribution is -0.305. The molecule has 11 heteroatoms. The van der Waals surface area contributed by atoms with Crippen molar-refractivity contribution in [1.82, 2.24) is 5.32 Å². The molecule has 0 aromatic rings. The number of aliphatic hydroxyl groups excluding tert-OH is 5. The van der Waals surface area contributed by atoms with Gasteiger partial charge in [0.1, 0.15) is 24.4 Å². The summed E-state index contributed by atoms with van der Waals surface area (Å²) in [5.74, 6) is -1.21. The number of esters is 1. The zero-order valence-electron chi connectivity index (χ0n) is 52.3. The second-order valence-corrected chi connectivity index (χ2v) is 22.8. The van der Waals surface area contributed by atoms with Crippen LogP contribution in [0.5, 0.6) is 0 Å². The Balaban J connectivity index is 2.57. The summed E-state index contributed by atoms with van der Waals surface area (Å²) in [5, 5.41) is 57.1. The minimum atomic E-state index is -1.62. The predicted octanol–water partition coefficient (Wildman–Crippen LogP) is 16.7. The van der Waals surface area contributed by atoms with E-state index in [0.717, 1.165) is 116 Å². The summed E-state index contributed by atoms with van der Waals surface area (Å²) in [6.45, 7) is 5.64. The van der Waals surface area contributed by atoms with Gasteiger partial charge in [0.25, 0.3) is 0 Å². The van der Waals surface area contributed by atoms with Gasteiger partial charge in [0.2, 0.25) is 5.91 Å². The summed E-state index contributed by atoms with van der Waals surface area (Å²) in [5.41, 5.74) is 0. The molecule has 0 bridgehead atoms. The molecule has 1 aliphatic heterocycles. The summed E-state index contributed by atoms with van der Waals surface area (Å²) < 4.78 is 17.7. The number of hydrogen-bond donors (Lipinski definition) is 6. The number of carbonyl (C=O) groups is 2. The predicted molar refractivity (Wildman–Crippen MR) is 342 cm³/mol. The maximum Gasteiger partial charge on any atom is 0.306 e. The molecule has 0 aromatic carbocycles. The summed E-state index contributed by atoms with van der Waals surface area (Å²) in [6, 6.07) is -1.03. The molecular formula is C71H123NO10. The highest BCUT2D eigenvalue weighted by Crippen LogP contribution is 2.26. The van der Waals surface area contributed by atoms with Gasteiger partial charge in [0, 0.05) is 6.42 Å². The number of unbranched alkanes of at least 4 members (excludes halogenated alkanes) is 29. The third kappa shape index (κ3) is 45.0. The SMILES string of the molecule is CC/C=C\C/C=C\C/C=C\C/C=C\C/C=C\CCCCCCCCCCCCCC(=O)OC1C(OCC(NC(=O)C(O)CCCCCCC/C=C/C=C/CCCCC)C(O)/C=C/CCCCCCCCCCCC)OC(CO)C(O)C1O. The monoisotopic (exact) mass is 1150 g/mol. The number of allylic oxidation sites excluding steroid dienone is 15. The number of nitrogens with one attached hydrogen (secondary N) is 1. The van der Waals surface area contributed by atoms with Crippen LogP contribution in [0.15, 0.2) is 97.2 Å². The second kappa shape index (κ2) is 58.0. The molecule has 0 aliphatic carbocycles. The van der Waals surface area contributed by atoms with Gasteiger partial charge in [-0.05, 0) is 96.3 Å². The van der Waals surface area contributed by atoms with Crippen LogP contribution in [0.2, 0.25) is 0 Å². The maximum absolute atomic E-state index is 13.4. The molecule has 1 heterocycles. The summed E-state index contributed by atoms with van der Waals surface area (Å²) in [4.78, 5) is 26.6. The quantitative estimate of drug-likeness (QED) is 0.0149. The Morgan fingerprint density at radius 3 is 1.41 bits per heavy atom. The van der Waals surface area contributed by atoms with E-state index in [1.165, 1.54) is 116 Å². The number of aliphatic hydroxyl groups is 5. The Kier molecular flexibility index (Phi) is 54.2. The van der Waals surface area contributed by atoms with E-state index in [-0.39, 0.29) is 19.4 Å². The summed E-state index contributed by atoms with van der Waals surface area (Å²) in [6.07, 6.45) is 67.3. The standard InChI is InChI=1S/C71H123NO10/c1-4-7-10-13-16-19-22-25-27-28-29-30-31-32-33-34-35-36-37-38-39-41-44-47-50-53-56-59-66(76)82-69-68(78)67(77)65(60-73)81-71(69)80-61-62(63(74)57-54-51-48-45-42-24-21-18-15-12-9-6-3)72-70(79)64(75)58-55-52-49-46-43-40-26-23-20-17-14-11-8-5-2/h7,10,16-17,19-20,23,25-27,29-30,32-33,54,57,62-65,67-69,71,73-75,77-78H,4-6,8-9,11-15,18,21-22,24,28,31,34-53,55-56,58-61H2,1-3H3,(H,72,79)/b10-7-,19-16-,20-17+,26-23+,27-25-,30-29-,33-32-,57-54+. The molecular weight excluding hydrogens is 1030 g/mol. The molecule has 1 saturated heterocycles. The lowest BCUT2D eigenvalue weighted by atomic mass is 9.99. The molecule has 6 N–H and O–H groups in total. The molecule has 0 aromatic heterocycles. The maximum atomic E-state index is 13.4. The highest BCUT2D eigenvalue weighted by molar-refractivity contribution is 5.80. The average Bonchev–Trinajstić information content (AvgIpc) is 3.48. The number of hydrogen-bond acceptors (Lipinski definition) is 10. The zero-order valence-corrected chi connectivity index (χ0v) is 52.3. The van der Waals surface area contributed by atoms with Gasteiger partial charge in [-0.25, -0.2) is 0 Å². The van der Waals surface area contributed by atoms with E-state index in [1.54, 1.807) is 6.08 Å². The molecule has 472 valence electrons. The number of ether oxygens (including phenoxy) is 3. The van der Waals surface area contributed by atoms with Crippen molar-refractivity contribution >= 4 is 11.9 Å². The fraction of sp³-hybridized carbons (Fsp3) is 0.746. The van der Waals surface area contributed by atoms with Crippen molar-refractivity contribution in [3.63, 3.8) is 0 Å². The smallest absolute Gasteiger partial charge is 0.306 e. The Morgan fingerprint density at radius 1 is 0.500 bits per heavy atom. The van der Waals surface area contributed by atoms with Crippen molar-refractivity contribution in [3.8, 4) is 0 Å². The van der Waals surface area contributed by atoms with Crippen LogP contribution in [0.3, 0.4) is 0 Å². The topological polar surface area (TPSA) is 175 Å². The van der Waals surface area contributed by atoms with Crippen molar-refractivity contribution in [2.45, 2.75) is 327 Å². The van der Waals surface area contributed by atoms with Crippen LogP contribution in [0.1, 0.15) is 278 Å². The fourth-order valence-electron chi connectivity index (χ4n) is 9.96.